The Kier molecular flexibility index (Phi) is 7.64. The molecule has 168 valence electrons. The van der Waals surface area contributed by atoms with E-state index >= 15 is 0 Å². The smallest absolute Gasteiger partial charge is 0.265 e. The summed E-state index contributed by atoms with van der Waals surface area (Å²) >= 11 is 0. The zero-order chi connectivity index (χ0) is 22.3. The molecule has 0 radical (unpaired) electrons. The molecular formula is C22H28N2O6S. The maximum atomic E-state index is 13.2. The number of carbonyl (C=O) groups excluding carboxylic acids is 1. The minimum Gasteiger partial charge on any atom is -0.489 e. The maximum Gasteiger partial charge on any atom is 0.265 e. The van der Waals surface area contributed by atoms with Crippen LogP contribution in [0.3, 0.4) is 0 Å². The summed E-state index contributed by atoms with van der Waals surface area (Å²) < 4.78 is 35.7. The van der Waals surface area contributed by atoms with Gasteiger partial charge < -0.3 is 9.47 Å². The Morgan fingerprint density at radius 3 is 2.48 bits per heavy atom. The number of aromatic nitrogens is 1. The van der Waals surface area contributed by atoms with Crippen molar-refractivity contribution in [2.45, 2.75) is 55.3 Å². The van der Waals surface area contributed by atoms with Crippen molar-refractivity contribution in [2.75, 3.05) is 13.2 Å². The number of pyridine rings is 1. The van der Waals surface area contributed by atoms with E-state index in [9.17, 15) is 13.2 Å². The summed E-state index contributed by atoms with van der Waals surface area (Å²) in [5.41, 5.74) is 3.48. The predicted octanol–water partition coefficient (Wildman–Crippen LogP) is 2.83. The van der Waals surface area contributed by atoms with Crippen LogP contribution in [-0.4, -0.2) is 42.5 Å². The minimum atomic E-state index is -4.05. The van der Waals surface area contributed by atoms with Crippen LogP contribution >= 0.6 is 0 Å². The fourth-order valence-electron chi connectivity index (χ4n) is 3.57. The third kappa shape index (κ3) is 5.06. The van der Waals surface area contributed by atoms with E-state index in [-0.39, 0.29) is 31.0 Å². The highest BCUT2D eigenvalue weighted by Gasteiger charge is 2.52. The molecule has 0 unspecified atom stereocenters. The highest BCUT2D eigenvalue weighted by atomic mass is 32.2. The van der Waals surface area contributed by atoms with Crippen LogP contribution in [0.2, 0.25) is 0 Å². The molecule has 2 N–H and O–H groups in total. The summed E-state index contributed by atoms with van der Waals surface area (Å²) in [6.45, 7) is 2.70. The van der Waals surface area contributed by atoms with E-state index in [1.807, 2.05) is 12.1 Å². The number of hydrogen-bond donors (Lipinski definition) is 2. The molecule has 3 rings (SSSR count). The summed E-state index contributed by atoms with van der Waals surface area (Å²) in [4.78, 5) is 16.7. The fourth-order valence-corrected chi connectivity index (χ4v) is 5.51. The Balaban J connectivity index is 1.69. The minimum absolute atomic E-state index is 0.00714. The molecule has 2 aromatic rings. The largest absolute Gasteiger partial charge is 0.489 e. The predicted molar refractivity (Wildman–Crippen MR) is 114 cm³/mol. The van der Waals surface area contributed by atoms with Gasteiger partial charge in [0.1, 0.15) is 12.4 Å². The molecule has 0 saturated carbocycles. The lowest BCUT2D eigenvalue weighted by Crippen LogP contribution is -2.54. The van der Waals surface area contributed by atoms with E-state index in [1.165, 1.54) is 17.6 Å². The highest BCUT2D eigenvalue weighted by Crippen LogP contribution is 2.35. The summed E-state index contributed by atoms with van der Waals surface area (Å²) in [6, 6.07) is 9.90. The second-order valence-corrected chi connectivity index (χ2v) is 9.83. The molecule has 1 amide bonds. The standard InChI is InChI=1S/C22H28N2O6S/c1-2-3-4-18-6-5-17(15-23-18)16-30-19-7-9-20(10-8-19)31(27,28)22(21(25)24-26)11-13-29-14-12-22/h5-10,15,26H,2-4,11-14,16H2,1H3,(H,24,25). The summed E-state index contributed by atoms with van der Waals surface area (Å²) in [5, 5.41) is 9.11. The number of carbonyl (C=O) groups is 1. The average Bonchev–Trinajstić information content (AvgIpc) is 2.82. The Morgan fingerprint density at radius 2 is 1.90 bits per heavy atom. The van der Waals surface area contributed by atoms with Gasteiger partial charge in [0.25, 0.3) is 5.91 Å². The van der Waals surface area contributed by atoms with Gasteiger partial charge in [-0.1, -0.05) is 19.4 Å². The molecule has 1 fully saturated rings. The Morgan fingerprint density at radius 1 is 1.19 bits per heavy atom. The number of sulfone groups is 1. The van der Waals surface area contributed by atoms with Crippen LogP contribution in [0.5, 0.6) is 5.75 Å². The van der Waals surface area contributed by atoms with Gasteiger partial charge in [0.2, 0.25) is 0 Å². The fraction of sp³-hybridized carbons (Fsp3) is 0.455. The molecule has 0 aliphatic carbocycles. The first-order chi connectivity index (χ1) is 14.9. The monoisotopic (exact) mass is 448 g/mol. The average molecular weight is 449 g/mol. The lowest BCUT2D eigenvalue weighted by molar-refractivity contribution is -0.134. The number of hydroxylamine groups is 1. The van der Waals surface area contributed by atoms with Gasteiger partial charge in [0.05, 0.1) is 4.90 Å². The van der Waals surface area contributed by atoms with Crippen molar-refractivity contribution in [1.29, 1.82) is 0 Å². The molecule has 1 aliphatic heterocycles. The van der Waals surface area contributed by atoms with Gasteiger partial charge in [0.15, 0.2) is 14.6 Å². The van der Waals surface area contributed by atoms with Gasteiger partial charge in [-0.25, -0.2) is 13.9 Å². The van der Waals surface area contributed by atoms with E-state index in [0.717, 1.165) is 30.5 Å². The normalized spacial score (nSPS) is 15.9. The molecule has 0 atom stereocenters. The SMILES string of the molecule is CCCCc1ccc(COc2ccc(S(=O)(=O)C3(C(=O)NO)CCOCC3)cc2)cn1. The number of aryl methyl sites for hydroxylation is 1. The van der Waals surface area contributed by atoms with Crippen LogP contribution in [0.15, 0.2) is 47.5 Å². The zero-order valence-corrected chi connectivity index (χ0v) is 18.4. The molecule has 1 saturated heterocycles. The van der Waals surface area contributed by atoms with E-state index in [1.54, 1.807) is 18.3 Å². The van der Waals surface area contributed by atoms with Crippen molar-refractivity contribution in [3.63, 3.8) is 0 Å². The van der Waals surface area contributed by atoms with Gasteiger partial charge >= 0.3 is 0 Å². The second-order valence-electron chi connectivity index (χ2n) is 7.57. The van der Waals surface area contributed by atoms with Gasteiger partial charge in [-0.2, -0.15) is 0 Å². The number of hydrogen-bond acceptors (Lipinski definition) is 7. The first kappa shape index (κ1) is 23.2. The van der Waals surface area contributed by atoms with Crippen LogP contribution < -0.4 is 10.2 Å². The van der Waals surface area contributed by atoms with Gasteiger partial charge in [-0.15, -0.1) is 0 Å². The molecule has 2 heterocycles. The number of amides is 1. The van der Waals surface area contributed by atoms with Crippen molar-refractivity contribution in [3.05, 3.63) is 53.9 Å². The number of benzene rings is 1. The molecule has 0 bridgehead atoms. The third-order valence-corrected chi connectivity index (χ3v) is 8.06. The van der Waals surface area contributed by atoms with Crippen LogP contribution in [0.1, 0.15) is 43.9 Å². The van der Waals surface area contributed by atoms with E-state index < -0.39 is 20.5 Å². The lowest BCUT2D eigenvalue weighted by atomic mass is 9.98. The van der Waals surface area contributed by atoms with Crippen LogP contribution in [0, 0.1) is 0 Å². The van der Waals surface area contributed by atoms with Crippen molar-refractivity contribution in [2.24, 2.45) is 0 Å². The third-order valence-electron chi connectivity index (χ3n) is 5.54. The van der Waals surface area contributed by atoms with Crippen molar-refractivity contribution >= 4 is 15.7 Å². The van der Waals surface area contributed by atoms with Crippen molar-refractivity contribution in [3.8, 4) is 5.75 Å². The molecule has 0 spiro atoms. The molecule has 1 aliphatic rings. The number of unbranched alkanes of at least 4 members (excludes halogenated alkanes) is 1. The summed E-state index contributed by atoms with van der Waals surface area (Å²) in [5.74, 6) is -0.437. The zero-order valence-electron chi connectivity index (χ0n) is 17.5. The maximum absolute atomic E-state index is 13.2. The molecule has 1 aromatic heterocycles. The van der Waals surface area contributed by atoms with Gasteiger partial charge in [0, 0.05) is 30.7 Å². The van der Waals surface area contributed by atoms with Crippen LogP contribution in [0.25, 0.3) is 0 Å². The first-order valence-electron chi connectivity index (χ1n) is 10.4. The topological polar surface area (TPSA) is 115 Å². The van der Waals surface area contributed by atoms with Gasteiger partial charge in [-0.05, 0) is 56.0 Å². The quantitative estimate of drug-likeness (QED) is 0.448. The lowest BCUT2D eigenvalue weighted by Gasteiger charge is -2.34. The number of nitrogens with one attached hydrogen (secondary N) is 1. The van der Waals surface area contributed by atoms with E-state index in [4.69, 9.17) is 14.7 Å². The first-order valence-corrected chi connectivity index (χ1v) is 11.8. The van der Waals surface area contributed by atoms with Crippen molar-refractivity contribution < 1.29 is 27.9 Å². The Bertz CT molecular complexity index is 968. The van der Waals surface area contributed by atoms with Gasteiger partial charge in [-0.3, -0.25) is 15.0 Å². The molecule has 31 heavy (non-hydrogen) atoms. The molecule has 9 heteroatoms. The highest BCUT2D eigenvalue weighted by molar-refractivity contribution is 7.93. The Hall–Kier alpha value is -2.49. The summed E-state index contributed by atoms with van der Waals surface area (Å²) in [6.07, 6.45) is 4.91. The van der Waals surface area contributed by atoms with Crippen LogP contribution in [-0.2, 0) is 32.4 Å². The number of ether oxygens (including phenoxy) is 2. The summed E-state index contributed by atoms with van der Waals surface area (Å²) in [7, 11) is -4.05. The molecular weight excluding hydrogens is 420 g/mol. The molecule has 1 aromatic carbocycles. The second kappa shape index (κ2) is 10.2. The number of rotatable bonds is 9. The number of nitrogens with zero attached hydrogens (tertiary/aromatic N) is 1. The molecule has 8 nitrogen and oxygen atoms in total. The Labute approximate surface area is 182 Å². The van der Waals surface area contributed by atoms with Crippen molar-refractivity contribution in [1.82, 2.24) is 10.5 Å². The van der Waals surface area contributed by atoms with E-state index in [2.05, 4.69) is 11.9 Å². The van der Waals surface area contributed by atoms with Crippen LogP contribution in [0.4, 0.5) is 0 Å². The van der Waals surface area contributed by atoms with E-state index in [0.29, 0.717) is 12.4 Å².